The number of hydrogen-bond donors (Lipinski definition) is 1. The Morgan fingerprint density at radius 3 is 2.50 bits per heavy atom. The quantitative estimate of drug-likeness (QED) is 0.915. The molecule has 1 heterocycles. The zero-order valence-electron chi connectivity index (χ0n) is 12.0. The Morgan fingerprint density at radius 2 is 1.90 bits per heavy atom. The largest absolute Gasteiger partial charge is 0.314 e. The van der Waals surface area contributed by atoms with Crippen LogP contribution in [0.15, 0.2) is 12.1 Å². The molecular formula is C16H22F2N2. The molecule has 20 heavy (non-hydrogen) atoms. The smallest absolute Gasteiger partial charge is 0.133 e. The SMILES string of the molecule is Cc1ccc(F)c([C@@H](C2CCC2)N2CCNCC2)c1F. The van der Waals surface area contributed by atoms with Gasteiger partial charge in [0.05, 0.1) is 0 Å². The fraction of sp³-hybridized carbons (Fsp3) is 0.625. The number of nitrogens with zero attached hydrogens (tertiary/aromatic N) is 1. The molecule has 0 spiro atoms. The van der Waals surface area contributed by atoms with E-state index in [4.69, 9.17) is 0 Å². The van der Waals surface area contributed by atoms with Crippen molar-refractivity contribution in [1.29, 1.82) is 0 Å². The molecule has 1 aromatic rings. The highest BCUT2D eigenvalue weighted by Crippen LogP contribution is 2.43. The Balaban J connectivity index is 1.98. The van der Waals surface area contributed by atoms with Crippen molar-refractivity contribution in [2.75, 3.05) is 26.2 Å². The first-order valence-corrected chi connectivity index (χ1v) is 7.57. The van der Waals surface area contributed by atoms with Crippen LogP contribution >= 0.6 is 0 Å². The molecule has 2 nitrogen and oxygen atoms in total. The normalized spacial score (nSPS) is 22.6. The number of halogens is 2. The van der Waals surface area contributed by atoms with E-state index in [2.05, 4.69) is 10.2 Å². The van der Waals surface area contributed by atoms with Crippen LogP contribution in [0.5, 0.6) is 0 Å². The summed E-state index contributed by atoms with van der Waals surface area (Å²) >= 11 is 0. The Hall–Kier alpha value is -1.00. The highest BCUT2D eigenvalue weighted by Gasteiger charge is 2.37. The topological polar surface area (TPSA) is 15.3 Å². The first-order chi connectivity index (χ1) is 9.68. The molecule has 0 bridgehead atoms. The second-order valence-corrected chi connectivity index (χ2v) is 6.01. The van der Waals surface area contributed by atoms with Gasteiger partial charge in [0.1, 0.15) is 11.6 Å². The van der Waals surface area contributed by atoms with Crippen LogP contribution < -0.4 is 5.32 Å². The molecule has 1 aromatic carbocycles. The van der Waals surface area contributed by atoms with Gasteiger partial charge in [-0.3, -0.25) is 4.90 Å². The van der Waals surface area contributed by atoms with E-state index in [0.717, 1.165) is 39.0 Å². The third kappa shape index (κ3) is 2.47. The second kappa shape index (κ2) is 5.78. The van der Waals surface area contributed by atoms with E-state index in [1.807, 2.05) is 0 Å². The molecule has 1 aliphatic heterocycles. The predicted molar refractivity (Wildman–Crippen MR) is 75.6 cm³/mol. The standard InChI is InChI=1S/C16H22F2N2/c1-11-5-6-13(17)14(15(11)18)16(12-3-2-4-12)20-9-7-19-8-10-20/h5-6,12,16,19H,2-4,7-10H2,1H3/t16-/m1/s1. The molecule has 2 fully saturated rings. The lowest BCUT2D eigenvalue weighted by Crippen LogP contribution is -2.48. The number of rotatable bonds is 3. The molecule has 0 amide bonds. The summed E-state index contributed by atoms with van der Waals surface area (Å²) in [5.74, 6) is -0.331. The van der Waals surface area contributed by atoms with Crippen molar-refractivity contribution in [3.05, 3.63) is 34.9 Å². The average Bonchev–Trinajstić information content (AvgIpc) is 2.41. The lowest BCUT2D eigenvalue weighted by molar-refractivity contribution is 0.0784. The first-order valence-electron chi connectivity index (χ1n) is 7.57. The summed E-state index contributed by atoms with van der Waals surface area (Å²) in [6, 6.07) is 2.86. The summed E-state index contributed by atoms with van der Waals surface area (Å²) in [4.78, 5) is 2.27. The summed E-state index contributed by atoms with van der Waals surface area (Å²) < 4.78 is 28.8. The second-order valence-electron chi connectivity index (χ2n) is 6.01. The number of nitrogens with one attached hydrogen (secondary N) is 1. The van der Waals surface area contributed by atoms with Crippen molar-refractivity contribution in [2.24, 2.45) is 5.92 Å². The van der Waals surface area contributed by atoms with Crippen LogP contribution in [0.2, 0.25) is 0 Å². The fourth-order valence-corrected chi connectivity index (χ4v) is 3.38. The van der Waals surface area contributed by atoms with Gasteiger partial charge in [-0.25, -0.2) is 8.78 Å². The van der Waals surface area contributed by atoms with Gasteiger partial charge in [0, 0.05) is 37.8 Å². The number of hydrogen-bond acceptors (Lipinski definition) is 2. The highest BCUT2D eigenvalue weighted by molar-refractivity contribution is 5.30. The molecule has 0 unspecified atom stereocenters. The van der Waals surface area contributed by atoms with Gasteiger partial charge in [-0.05, 0) is 37.3 Å². The molecule has 0 aromatic heterocycles. The van der Waals surface area contributed by atoms with E-state index in [9.17, 15) is 8.78 Å². The third-order valence-corrected chi connectivity index (χ3v) is 4.76. The first kappa shape index (κ1) is 14.0. The maximum absolute atomic E-state index is 14.5. The summed E-state index contributed by atoms with van der Waals surface area (Å²) in [6.07, 6.45) is 3.35. The van der Waals surface area contributed by atoms with E-state index in [1.54, 1.807) is 6.92 Å². The Labute approximate surface area is 119 Å². The Kier molecular flexibility index (Phi) is 4.03. The molecule has 4 heteroatoms. The zero-order chi connectivity index (χ0) is 14.1. The zero-order valence-corrected chi connectivity index (χ0v) is 12.0. The monoisotopic (exact) mass is 280 g/mol. The van der Waals surface area contributed by atoms with E-state index in [0.29, 0.717) is 17.0 Å². The van der Waals surface area contributed by atoms with Gasteiger partial charge < -0.3 is 5.32 Å². The Morgan fingerprint density at radius 1 is 1.20 bits per heavy atom. The van der Waals surface area contributed by atoms with E-state index in [1.165, 1.54) is 18.6 Å². The minimum absolute atomic E-state index is 0.0919. The predicted octanol–water partition coefficient (Wildman–Crippen LogP) is 3.02. The van der Waals surface area contributed by atoms with E-state index < -0.39 is 0 Å². The van der Waals surface area contributed by atoms with Gasteiger partial charge >= 0.3 is 0 Å². The van der Waals surface area contributed by atoms with Crippen LogP contribution in [0.25, 0.3) is 0 Å². The molecule has 1 atom stereocenters. The lowest BCUT2D eigenvalue weighted by Gasteiger charge is -2.43. The average molecular weight is 280 g/mol. The molecule has 0 radical (unpaired) electrons. The molecule has 1 aliphatic carbocycles. The number of aryl methyl sites for hydroxylation is 1. The van der Waals surface area contributed by atoms with Gasteiger partial charge in [0.25, 0.3) is 0 Å². The van der Waals surface area contributed by atoms with Crippen LogP contribution in [-0.2, 0) is 0 Å². The molecular weight excluding hydrogens is 258 g/mol. The molecule has 1 saturated heterocycles. The number of piperazine rings is 1. The van der Waals surface area contributed by atoms with Crippen molar-refractivity contribution in [2.45, 2.75) is 32.2 Å². The summed E-state index contributed by atoms with van der Waals surface area (Å²) in [5.41, 5.74) is 0.845. The minimum atomic E-state index is -0.386. The van der Waals surface area contributed by atoms with E-state index in [-0.39, 0.29) is 17.7 Å². The summed E-state index contributed by atoms with van der Waals surface area (Å²) in [5, 5.41) is 3.31. The molecule has 110 valence electrons. The van der Waals surface area contributed by atoms with Gasteiger partial charge in [-0.2, -0.15) is 0 Å². The fourth-order valence-electron chi connectivity index (χ4n) is 3.38. The maximum atomic E-state index is 14.5. The Bertz CT molecular complexity index is 480. The summed E-state index contributed by atoms with van der Waals surface area (Å²) in [6.45, 7) is 5.26. The number of benzene rings is 1. The molecule has 1 N–H and O–H groups in total. The van der Waals surface area contributed by atoms with Crippen molar-refractivity contribution in [1.82, 2.24) is 10.2 Å². The minimum Gasteiger partial charge on any atom is -0.314 e. The summed E-state index contributed by atoms with van der Waals surface area (Å²) in [7, 11) is 0. The van der Waals surface area contributed by atoms with E-state index >= 15 is 0 Å². The molecule has 2 aliphatic rings. The highest BCUT2D eigenvalue weighted by atomic mass is 19.1. The molecule has 3 rings (SSSR count). The van der Waals surface area contributed by atoms with Crippen molar-refractivity contribution in [3.63, 3.8) is 0 Å². The van der Waals surface area contributed by atoms with Crippen LogP contribution in [0, 0.1) is 24.5 Å². The van der Waals surface area contributed by atoms with Gasteiger partial charge in [0.15, 0.2) is 0 Å². The third-order valence-electron chi connectivity index (χ3n) is 4.76. The van der Waals surface area contributed by atoms with Crippen LogP contribution in [-0.4, -0.2) is 31.1 Å². The van der Waals surface area contributed by atoms with Crippen LogP contribution in [0.3, 0.4) is 0 Å². The maximum Gasteiger partial charge on any atom is 0.133 e. The van der Waals surface area contributed by atoms with Crippen molar-refractivity contribution in [3.8, 4) is 0 Å². The molecule has 1 saturated carbocycles. The van der Waals surface area contributed by atoms with Gasteiger partial charge in [-0.1, -0.05) is 12.5 Å². The van der Waals surface area contributed by atoms with Gasteiger partial charge in [-0.15, -0.1) is 0 Å². The van der Waals surface area contributed by atoms with Crippen LogP contribution in [0.1, 0.15) is 36.4 Å². The van der Waals surface area contributed by atoms with Crippen molar-refractivity contribution >= 4 is 0 Å². The van der Waals surface area contributed by atoms with Crippen LogP contribution in [0.4, 0.5) is 8.78 Å². The van der Waals surface area contributed by atoms with Gasteiger partial charge in [0.2, 0.25) is 0 Å². The lowest BCUT2D eigenvalue weighted by atomic mass is 9.75. The van der Waals surface area contributed by atoms with Crippen molar-refractivity contribution < 1.29 is 8.78 Å².